The van der Waals surface area contributed by atoms with E-state index in [1.807, 2.05) is 0 Å². The van der Waals surface area contributed by atoms with Gasteiger partial charge in [0.1, 0.15) is 11.9 Å². The molecule has 0 aliphatic carbocycles. The van der Waals surface area contributed by atoms with Gasteiger partial charge in [0.05, 0.1) is 43.0 Å². The lowest BCUT2D eigenvalue weighted by atomic mass is 10.0. The van der Waals surface area contributed by atoms with Crippen molar-refractivity contribution in [2.45, 2.75) is 31.2 Å². The van der Waals surface area contributed by atoms with Gasteiger partial charge < -0.3 is 30.4 Å². The van der Waals surface area contributed by atoms with Crippen molar-refractivity contribution in [1.82, 2.24) is 15.0 Å². The number of methoxy groups -OCH3 is 1. The van der Waals surface area contributed by atoms with Crippen LogP contribution < -0.4 is 26.0 Å². The predicted octanol–water partition coefficient (Wildman–Crippen LogP) is 3.99. The number of halogens is 4. The second kappa shape index (κ2) is 11.6. The first-order chi connectivity index (χ1) is 18.2. The fourth-order valence-corrected chi connectivity index (χ4v) is 4.44. The molecule has 1 aromatic carbocycles. The van der Waals surface area contributed by atoms with Gasteiger partial charge >= 0.3 is 6.18 Å². The highest BCUT2D eigenvalue weighted by Gasteiger charge is 2.31. The number of rotatable bonds is 7. The zero-order chi connectivity index (χ0) is 27.3. The van der Waals surface area contributed by atoms with Crippen LogP contribution in [0.4, 0.5) is 28.9 Å². The van der Waals surface area contributed by atoms with Crippen molar-refractivity contribution < 1.29 is 27.1 Å². The molecule has 38 heavy (non-hydrogen) atoms. The van der Waals surface area contributed by atoms with E-state index in [-0.39, 0.29) is 30.3 Å². The number of aromatic nitrogens is 1. The summed E-state index contributed by atoms with van der Waals surface area (Å²) in [6.45, 7) is 1.01. The third-order valence-electron chi connectivity index (χ3n) is 6.31. The Labute approximate surface area is 217 Å². The molecule has 1 amide bonds. The molecule has 0 spiro atoms. The normalized spacial score (nSPS) is 17.4. The molecular formula is C27H29F4N5O2. The van der Waals surface area contributed by atoms with Crippen molar-refractivity contribution >= 4 is 22.8 Å². The predicted molar refractivity (Wildman–Crippen MR) is 139 cm³/mol. The average Bonchev–Trinajstić information content (AvgIpc) is 3.24. The lowest BCUT2D eigenvalue weighted by Gasteiger charge is -2.28. The van der Waals surface area contributed by atoms with E-state index in [1.165, 1.54) is 18.6 Å². The van der Waals surface area contributed by atoms with Crippen LogP contribution in [0.2, 0.25) is 0 Å². The number of carbonyl (C=O) groups excluding carboxylic acids is 1. The number of pyridine rings is 1. The van der Waals surface area contributed by atoms with Gasteiger partial charge in [-0.05, 0) is 49.4 Å². The molecule has 2 atom stereocenters. The summed E-state index contributed by atoms with van der Waals surface area (Å²) in [5, 5.41) is 11.8. The third-order valence-corrected chi connectivity index (χ3v) is 6.31. The molecule has 7 nitrogen and oxygen atoms in total. The Morgan fingerprint density at radius 3 is 2.76 bits per heavy atom. The van der Waals surface area contributed by atoms with Crippen LogP contribution in [0.15, 0.2) is 42.6 Å². The van der Waals surface area contributed by atoms with E-state index in [9.17, 15) is 22.4 Å². The number of hydrogen-bond acceptors (Lipinski definition) is 5. The van der Waals surface area contributed by atoms with E-state index in [0.29, 0.717) is 41.2 Å². The summed E-state index contributed by atoms with van der Waals surface area (Å²) < 4.78 is 61.6. The molecule has 4 rings (SSSR count). The SMILES string of the molecule is CNC(=O)c1ccc(NCC#Cc2cc3c(N[C@@H]4CCNC[C@@H]4F)cccn3c2CC(F)(F)F)c(OC)c1. The summed E-state index contributed by atoms with van der Waals surface area (Å²) in [7, 11) is 3.00. The van der Waals surface area contributed by atoms with Crippen molar-refractivity contribution in [2.75, 3.05) is 44.4 Å². The number of ether oxygens (including phenoxy) is 1. The maximum Gasteiger partial charge on any atom is 0.394 e. The Kier molecular flexibility index (Phi) is 8.32. The van der Waals surface area contributed by atoms with E-state index >= 15 is 0 Å². The Morgan fingerprint density at radius 2 is 2.05 bits per heavy atom. The molecule has 1 aliphatic heterocycles. The molecule has 3 aromatic rings. The number of nitrogens with zero attached hydrogens (tertiary/aromatic N) is 1. The van der Waals surface area contributed by atoms with Gasteiger partial charge in [-0.1, -0.05) is 11.8 Å². The van der Waals surface area contributed by atoms with Gasteiger partial charge in [-0.2, -0.15) is 13.2 Å². The first-order valence-electron chi connectivity index (χ1n) is 12.1. The van der Waals surface area contributed by atoms with E-state index in [4.69, 9.17) is 4.74 Å². The molecule has 1 aliphatic rings. The van der Waals surface area contributed by atoms with Crippen LogP contribution >= 0.6 is 0 Å². The number of piperidine rings is 1. The minimum absolute atomic E-state index is 0.0123. The van der Waals surface area contributed by atoms with Crippen LogP contribution in [-0.4, -0.2) is 62.5 Å². The second-order valence-electron chi connectivity index (χ2n) is 8.88. The summed E-state index contributed by atoms with van der Waals surface area (Å²) in [6.07, 6.45) is -4.59. The van der Waals surface area contributed by atoms with Gasteiger partial charge in [-0.25, -0.2) is 4.39 Å². The Balaban J connectivity index is 1.60. The van der Waals surface area contributed by atoms with Crippen LogP contribution in [0.3, 0.4) is 0 Å². The molecule has 4 N–H and O–H groups in total. The molecular weight excluding hydrogens is 502 g/mol. The number of anilines is 2. The monoisotopic (exact) mass is 531 g/mol. The number of nitrogens with one attached hydrogen (secondary N) is 4. The molecule has 1 saturated heterocycles. The highest BCUT2D eigenvalue weighted by molar-refractivity contribution is 5.95. The van der Waals surface area contributed by atoms with Gasteiger partial charge in [-0.3, -0.25) is 4.79 Å². The van der Waals surface area contributed by atoms with Crippen LogP contribution in [0.5, 0.6) is 5.75 Å². The van der Waals surface area contributed by atoms with Crippen molar-refractivity contribution in [3.8, 4) is 17.6 Å². The maximum atomic E-state index is 14.4. The van der Waals surface area contributed by atoms with Crippen LogP contribution in [0.25, 0.3) is 5.52 Å². The van der Waals surface area contributed by atoms with Crippen LogP contribution in [-0.2, 0) is 6.42 Å². The fourth-order valence-electron chi connectivity index (χ4n) is 4.44. The highest BCUT2D eigenvalue weighted by Crippen LogP contribution is 2.30. The average molecular weight is 532 g/mol. The Hall–Kier alpha value is -3.91. The largest absolute Gasteiger partial charge is 0.495 e. The van der Waals surface area contributed by atoms with Crippen molar-refractivity contribution in [3.63, 3.8) is 0 Å². The topological polar surface area (TPSA) is 78.8 Å². The number of alkyl halides is 4. The molecule has 3 heterocycles. The van der Waals surface area contributed by atoms with Crippen molar-refractivity contribution in [2.24, 2.45) is 0 Å². The summed E-state index contributed by atoms with van der Waals surface area (Å²) in [5.74, 6) is 5.91. The van der Waals surface area contributed by atoms with Crippen LogP contribution in [0.1, 0.15) is 28.0 Å². The lowest BCUT2D eigenvalue weighted by Crippen LogP contribution is -2.45. The highest BCUT2D eigenvalue weighted by atomic mass is 19.4. The molecule has 0 saturated carbocycles. The quantitative estimate of drug-likeness (QED) is 0.274. The summed E-state index contributed by atoms with van der Waals surface area (Å²) in [4.78, 5) is 11.8. The Bertz CT molecular complexity index is 1360. The smallest absolute Gasteiger partial charge is 0.394 e. The third kappa shape index (κ3) is 6.31. The lowest BCUT2D eigenvalue weighted by molar-refractivity contribution is -0.128. The molecule has 0 unspecified atom stereocenters. The van der Waals surface area contributed by atoms with Gasteiger partial charge in [-0.15, -0.1) is 0 Å². The molecule has 2 aromatic heterocycles. The zero-order valence-electron chi connectivity index (χ0n) is 21.0. The standard InChI is InChI=1S/C27H29F4N5O2/c1-32-26(37)18-7-8-22(25(14-18)38-2)34-10-3-5-17-13-23-21(35-20-9-11-33-16-19(20)28)6-4-12-36(23)24(17)15-27(29,30)31/h4,6-8,12-14,19-20,33-35H,9-11,15-16H2,1-2H3,(H,32,37)/t19-,20+/m0/s1. The second-order valence-corrected chi connectivity index (χ2v) is 8.88. The number of fused-ring (bicyclic) bond motifs is 1. The summed E-state index contributed by atoms with van der Waals surface area (Å²) in [6, 6.07) is 9.40. The molecule has 0 bridgehead atoms. The minimum Gasteiger partial charge on any atom is -0.495 e. The first kappa shape index (κ1) is 27.1. The number of benzene rings is 1. The van der Waals surface area contributed by atoms with Crippen LogP contribution in [0, 0.1) is 11.8 Å². The van der Waals surface area contributed by atoms with E-state index in [0.717, 1.165) is 0 Å². The fraction of sp³-hybridized carbons (Fsp3) is 0.370. The van der Waals surface area contributed by atoms with E-state index in [2.05, 4.69) is 33.1 Å². The number of hydrogen-bond donors (Lipinski definition) is 4. The zero-order valence-corrected chi connectivity index (χ0v) is 21.0. The molecule has 11 heteroatoms. The van der Waals surface area contributed by atoms with Gasteiger partial charge in [0.2, 0.25) is 0 Å². The minimum atomic E-state index is -4.44. The van der Waals surface area contributed by atoms with Gasteiger partial charge in [0.25, 0.3) is 5.91 Å². The molecule has 0 radical (unpaired) electrons. The molecule has 1 fully saturated rings. The first-order valence-corrected chi connectivity index (χ1v) is 12.1. The van der Waals surface area contributed by atoms with Gasteiger partial charge in [0.15, 0.2) is 0 Å². The van der Waals surface area contributed by atoms with Gasteiger partial charge in [0, 0.05) is 36.6 Å². The molecule has 202 valence electrons. The van der Waals surface area contributed by atoms with E-state index in [1.54, 1.807) is 42.6 Å². The van der Waals surface area contributed by atoms with Crippen molar-refractivity contribution in [1.29, 1.82) is 0 Å². The van der Waals surface area contributed by atoms with Crippen molar-refractivity contribution in [3.05, 3.63) is 59.4 Å². The summed E-state index contributed by atoms with van der Waals surface area (Å²) >= 11 is 0. The summed E-state index contributed by atoms with van der Waals surface area (Å²) in [5.41, 5.74) is 2.31. The van der Waals surface area contributed by atoms with E-state index < -0.39 is 24.8 Å². The Morgan fingerprint density at radius 1 is 1.24 bits per heavy atom. The maximum absolute atomic E-state index is 14.4. The number of amides is 1. The number of carbonyl (C=O) groups is 1.